The number of ether oxygens (including phenoxy) is 1. The number of carbonyl (C=O) groups is 1. The Hall–Kier alpha value is -2.83. The molecule has 2 rings (SSSR count). The highest BCUT2D eigenvalue weighted by atomic mass is 16.5. The van der Waals surface area contributed by atoms with Crippen molar-refractivity contribution in [2.75, 3.05) is 31.8 Å². The lowest BCUT2D eigenvalue weighted by Gasteiger charge is -2.15. The summed E-state index contributed by atoms with van der Waals surface area (Å²) in [6, 6.07) is 8.57. The number of hydrogen-bond acceptors (Lipinski definition) is 6. The van der Waals surface area contributed by atoms with Gasteiger partial charge in [0.05, 0.1) is 5.69 Å². The van der Waals surface area contributed by atoms with Crippen LogP contribution in [0, 0.1) is 0 Å². The molecule has 7 nitrogen and oxygen atoms in total. The summed E-state index contributed by atoms with van der Waals surface area (Å²) in [5, 5.41) is 10.1. The molecule has 1 heterocycles. The van der Waals surface area contributed by atoms with Gasteiger partial charge in [-0.25, -0.2) is 0 Å². The predicted molar refractivity (Wildman–Crippen MR) is 80.7 cm³/mol. The third-order valence-electron chi connectivity index (χ3n) is 2.83. The fraction of sp³-hybridized carbons (Fsp3) is 0.214. The van der Waals surface area contributed by atoms with Crippen molar-refractivity contribution in [2.24, 2.45) is 0 Å². The number of carbonyl (C=O) groups excluding carboxylic acids is 1. The first kappa shape index (κ1) is 14.6. The second-order valence-electron chi connectivity index (χ2n) is 4.55. The zero-order valence-corrected chi connectivity index (χ0v) is 12.1. The fourth-order valence-corrected chi connectivity index (χ4v) is 1.63. The molecule has 21 heavy (non-hydrogen) atoms. The zero-order chi connectivity index (χ0) is 15.4. The summed E-state index contributed by atoms with van der Waals surface area (Å²) in [7, 11) is 5.38. The Bertz CT molecular complexity index is 640. The third-order valence-corrected chi connectivity index (χ3v) is 2.83. The van der Waals surface area contributed by atoms with E-state index in [4.69, 9.17) is 10.5 Å². The lowest BCUT2D eigenvalue weighted by molar-refractivity contribution is 0.0957. The van der Waals surface area contributed by atoms with E-state index in [0.29, 0.717) is 11.4 Å². The molecular formula is C14H17N5O2. The van der Waals surface area contributed by atoms with Crippen molar-refractivity contribution >= 4 is 17.3 Å². The number of rotatable bonds is 4. The van der Waals surface area contributed by atoms with Crippen LogP contribution in [-0.4, -0.2) is 37.2 Å². The third kappa shape index (κ3) is 3.38. The van der Waals surface area contributed by atoms with E-state index in [2.05, 4.69) is 15.5 Å². The Morgan fingerprint density at radius 1 is 1.24 bits per heavy atom. The monoisotopic (exact) mass is 287 g/mol. The highest BCUT2D eigenvalue weighted by Gasteiger charge is 2.09. The Morgan fingerprint density at radius 3 is 2.57 bits per heavy atom. The maximum Gasteiger partial charge on any atom is 0.271 e. The van der Waals surface area contributed by atoms with E-state index >= 15 is 0 Å². The Labute approximate surface area is 122 Å². The number of anilines is 2. The maximum absolute atomic E-state index is 11.4. The van der Waals surface area contributed by atoms with Gasteiger partial charge < -0.3 is 20.7 Å². The Kier molecular flexibility index (Phi) is 4.22. The zero-order valence-electron chi connectivity index (χ0n) is 12.1. The number of benzene rings is 1. The molecule has 110 valence electrons. The molecule has 0 aliphatic heterocycles. The molecule has 0 aliphatic rings. The van der Waals surface area contributed by atoms with E-state index in [1.54, 1.807) is 12.1 Å². The average Bonchev–Trinajstić information content (AvgIpc) is 2.49. The average molecular weight is 287 g/mol. The van der Waals surface area contributed by atoms with E-state index in [1.165, 1.54) is 13.1 Å². The molecule has 1 amide bonds. The summed E-state index contributed by atoms with van der Waals surface area (Å²) in [5.74, 6) is 0.455. The van der Waals surface area contributed by atoms with Crippen molar-refractivity contribution in [3.8, 4) is 11.6 Å². The summed E-state index contributed by atoms with van der Waals surface area (Å²) in [6.07, 6.45) is 0. The molecule has 0 spiro atoms. The van der Waals surface area contributed by atoms with Crippen LogP contribution in [0.1, 0.15) is 10.5 Å². The summed E-state index contributed by atoms with van der Waals surface area (Å²) < 4.78 is 5.61. The van der Waals surface area contributed by atoms with Crippen molar-refractivity contribution in [2.45, 2.75) is 0 Å². The molecule has 7 heteroatoms. The van der Waals surface area contributed by atoms with Crippen LogP contribution in [0.15, 0.2) is 30.3 Å². The van der Waals surface area contributed by atoms with Crippen LogP contribution in [0.25, 0.3) is 0 Å². The number of nitrogen functional groups attached to an aromatic ring is 1. The van der Waals surface area contributed by atoms with Crippen molar-refractivity contribution < 1.29 is 9.53 Å². The topological polar surface area (TPSA) is 93.4 Å². The number of nitrogens with two attached hydrogens (primary N) is 1. The molecule has 0 atom stereocenters. The summed E-state index contributed by atoms with van der Waals surface area (Å²) in [6.45, 7) is 0. The second kappa shape index (κ2) is 6.08. The van der Waals surface area contributed by atoms with Gasteiger partial charge in [-0.1, -0.05) is 0 Å². The van der Waals surface area contributed by atoms with Crippen molar-refractivity contribution in [3.63, 3.8) is 0 Å². The van der Waals surface area contributed by atoms with Gasteiger partial charge in [0, 0.05) is 39.0 Å². The minimum absolute atomic E-state index is 0.222. The van der Waals surface area contributed by atoms with Gasteiger partial charge in [0.25, 0.3) is 5.91 Å². The van der Waals surface area contributed by atoms with Crippen LogP contribution in [0.3, 0.4) is 0 Å². The summed E-state index contributed by atoms with van der Waals surface area (Å²) >= 11 is 0. The molecule has 1 aromatic heterocycles. The number of hydrogen-bond donors (Lipinski definition) is 2. The lowest BCUT2D eigenvalue weighted by Crippen LogP contribution is -2.19. The molecule has 0 radical (unpaired) electrons. The number of nitrogens with one attached hydrogen (secondary N) is 1. The van der Waals surface area contributed by atoms with Crippen LogP contribution < -0.4 is 20.7 Å². The standard InChI is InChI=1S/C14H17N5O2/c1-16-14(20)11-6-7-13(18-17-11)21-12-8-9(19(2)3)4-5-10(12)15/h4-8H,15H2,1-3H3,(H,16,20). The minimum Gasteiger partial charge on any atom is -0.435 e. The van der Waals surface area contributed by atoms with Gasteiger partial charge >= 0.3 is 0 Å². The SMILES string of the molecule is CNC(=O)c1ccc(Oc2cc(N(C)C)ccc2N)nn1. The van der Waals surface area contributed by atoms with Gasteiger partial charge in [0.15, 0.2) is 11.4 Å². The van der Waals surface area contributed by atoms with Crippen LogP contribution in [-0.2, 0) is 0 Å². The number of amides is 1. The van der Waals surface area contributed by atoms with E-state index in [9.17, 15) is 4.79 Å². The lowest BCUT2D eigenvalue weighted by atomic mass is 10.2. The number of aromatic nitrogens is 2. The van der Waals surface area contributed by atoms with Gasteiger partial charge in [0.2, 0.25) is 5.88 Å². The Balaban J connectivity index is 2.22. The van der Waals surface area contributed by atoms with Crippen LogP contribution in [0.2, 0.25) is 0 Å². The molecule has 0 fully saturated rings. The van der Waals surface area contributed by atoms with Crippen molar-refractivity contribution in [1.29, 1.82) is 0 Å². The smallest absolute Gasteiger partial charge is 0.271 e. The molecule has 0 unspecified atom stereocenters. The largest absolute Gasteiger partial charge is 0.435 e. The highest BCUT2D eigenvalue weighted by Crippen LogP contribution is 2.30. The highest BCUT2D eigenvalue weighted by molar-refractivity contribution is 5.91. The molecule has 0 aliphatic carbocycles. The molecule has 0 saturated carbocycles. The maximum atomic E-state index is 11.4. The second-order valence-corrected chi connectivity index (χ2v) is 4.55. The summed E-state index contributed by atoms with van der Waals surface area (Å²) in [4.78, 5) is 13.3. The number of nitrogens with zero attached hydrogens (tertiary/aromatic N) is 3. The minimum atomic E-state index is -0.303. The summed E-state index contributed by atoms with van der Waals surface area (Å²) in [5.41, 5.74) is 7.55. The van der Waals surface area contributed by atoms with E-state index < -0.39 is 0 Å². The predicted octanol–water partition coefficient (Wildman–Crippen LogP) is 1.28. The normalized spacial score (nSPS) is 10.0. The molecule has 2 aromatic rings. The van der Waals surface area contributed by atoms with E-state index in [-0.39, 0.29) is 17.5 Å². The first-order chi connectivity index (χ1) is 10.0. The van der Waals surface area contributed by atoms with Gasteiger partial charge in [-0.15, -0.1) is 10.2 Å². The van der Waals surface area contributed by atoms with Crippen molar-refractivity contribution in [1.82, 2.24) is 15.5 Å². The van der Waals surface area contributed by atoms with Gasteiger partial charge in [-0.2, -0.15) is 0 Å². The van der Waals surface area contributed by atoms with Gasteiger partial charge in [0.1, 0.15) is 0 Å². The van der Waals surface area contributed by atoms with Crippen LogP contribution >= 0.6 is 0 Å². The van der Waals surface area contributed by atoms with Crippen molar-refractivity contribution in [3.05, 3.63) is 36.0 Å². The van der Waals surface area contributed by atoms with Gasteiger partial charge in [-0.05, 0) is 18.2 Å². The molecule has 1 aromatic carbocycles. The van der Waals surface area contributed by atoms with Crippen LogP contribution in [0.4, 0.5) is 11.4 Å². The first-order valence-electron chi connectivity index (χ1n) is 6.32. The molecule has 0 saturated heterocycles. The molecule has 0 bridgehead atoms. The van der Waals surface area contributed by atoms with E-state index in [0.717, 1.165) is 5.69 Å². The molecule has 3 N–H and O–H groups in total. The van der Waals surface area contributed by atoms with Gasteiger partial charge in [-0.3, -0.25) is 4.79 Å². The molecular weight excluding hydrogens is 270 g/mol. The van der Waals surface area contributed by atoms with Crippen LogP contribution in [0.5, 0.6) is 11.6 Å². The quantitative estimate of drug-likeness (QED) is 0.823. The van der Waals surface area contributed by atoms with E-state index in [1.807, 2.05) is 31.1 Å². The fourth-order valence-electron chi connectivity index (χ4n) is 1.63. The Morgan fingerprint density at radius 2 is 2.00 bits per heavy atom. The first-order valence-corrected chi connectivity index (χ1v) is 6.32.